The van der Waals surface area contributed by atoms with Crippen molar-refractivity contribution in [3.8, 4) is 0 Å². The monoisotopic (exact) mass is 313 g/mol. The summed E-state index contributed by atoms with van der Waals surface area (Å²) in [5.41, 5.74) is 1.50. The minimum atomic E-state index is -0.539. The maximum absolute atomic E-state index is 12.1. The zero-order chi connectivity index (χ0) is 17.2. The average molecular weight is 313 g/mol. The van der Waals surface area contributed by atoms with Crippen molar-refractivity contribution in [3.05, 3.63) is 36.3 Å². The molecule has 0 N–H and O–H groups in total. The lowest BCUT2D eigenvalue weighted by molar-refractivity contribution is 0.0588. The van der Waals surface area contributed by atoms with Crippen LogP contribution in [0.15, 0.2) is 30.6 Å². The van der Waals surface area contributed by atoms with E-state index in [0.29, 0.717) is 5.82 Å². The summed E-state index contributed by atoms with van der Waals surface area (Å²) in [5.74, 6) is 0.532. The molecule has 5 nitrogen and oxygen atoms in total. The Kier molecular flexibility index (Phi) is 4.68. The molecule has 122 valence electrons. The van der Waals surface area contributed by atoms with Gasteiger partial charge in [-0.1, -0.05) is 6.08 Å². The smallest absolute Gasteiger partial charge is 0.415 e. The summed E-state index contributed by atoms with van der Waals surface area (Å²) in [5, 5.41) is 1.91. The zero-order valence-corrected chi connectivity index (χ0v) is 14.5. The number of carbonyl (C=O) groups is 1. The second-order valence-corrected chi connectivity index (χ2v) is 6.47. The maximum atomic E-state index is 12.1. The molecule has 0 aromatic carbocycles. The van der Waals surface area contributed by atoms with Gasteiger partial charge in [0.25, 0.3) is 0 Å². The van der Waals surface area contributed by atoms with E-state index in [0.717, 1.165) is 22.0 Å². The predicted molar refractivity (Wildman–Crippen MR) is 93.5 cm³/mol. The van der Waals surface area contributed by atoms with E-state index in [2.05, 4.69) is 9.97 Å². The normalized spacial score (nSPS) is 12.3. The van der Waals surface area contributed by atoms with Crippen LogP contribution in [-0.4, -0.2) is 28.7 Å². The Balaban J connectivity index is 2.32. The lowest BCUT2D eigenvalue weighted by atomic mass is 10.1. The minimum Gasteiger partial charge on any atom is -0.443 e. The third kappa shape index (κ3) is 4.06. The highest BCUT2D eigenvalue weighted by molar-refractivity contribution is 5.91. The predicted octanol–water partition coefficient (Wildman–Crippen LogP) is 4.42. The summed E-state index contributed by atoms with van der Waals surface area (Å²) in [6.07, 6.45) is 5.14. The number of nitrogens with zero attached hydrogens (tertiary/aromatic N) is 3. The van der Waals surface area contributed by atoms with E-state index in [1.165, 1.54) is 4.90 Å². The molecule has 0 aliphatic carbocycles. The van der Waals surface area contributed by atoms with Gasteiger partial charge in [-0.25, -0.2) is 9.78 Å². The van der Waals surface area contributed by atoms with Crippen LogP contribution in [0, 0.1) is 0 Å². The highest BCUT2D eigenvalue weighted by Crippen LogP contribution is 2.22. The van der Waals surface area contributed by atoms with Crippen molar-refractivity contribution in [1.29, 1.82) is 0 Å². The molecule has 2 aromatic heterocycles. The lowest BCUT2D eigenvalue weighted by Gasteiger charge is -2.24. The van der Waals surface area contributed by atoms with Crippen LogP contribution < -0.4 is 4.90 Å². The quantitative estimate of drug-likeness (QED) is 0.823. The first-order chi connectivity index (χ1) is 10.7. The first-order valence-corrected chi connectivity index (χ1v) is 7.57. The first-order valence-electron chi connectivity index (χ1n) is 7.57. The molecule has 2 heterocycles. The van der Waals surface area contributed by atoms with Crippen LogP contribution in [0.4, 0.5) is 10.6 Å². The molecule has 23 heavy (non-hydrogen) atoms. The molecule has 2 rings (SSSR count). The number of allylic oxidation sites excluding steroid dienone is 2. The molecule has 0 saturated heterocycles. The van der Waals surface area contributed by atoms with Crippen LogP contribution in [0.3, 0.4) is 0 Å². The summed E-state index contributed by atoms with van der Waals surface area (Å²) in [6, 6.07) is 3.83. The van der Waals surface area contributed by atoms with Gasteiger partial charge >= 0.3 is 6.09 Å². The summed E-state index contributed by atoms with van der Waals surface area (Å²) < 4.78 is 5.35. The fourth-order valence-corrected chi connectivity index (χ4v) is 2.00. The van der Waals surface area contributed by atoms with Crippen LogP contribution >= 0.6 is 0 Å². The van der Waals surface area contributed by atoms with Gasteiger partial charge in [-0.3, -0.25) is 9.88 Å². The number of ether oxygens (including phenoxy) is 1. The van der Waals surface area contributed by atoms with Gasteiger partial charge in [0, 0.05) is 30.2 Å². The van der Waals surface area contributed by atoms with Gasteiger partial charge in [0.1, 0.15) is 11.4 Å². The molecular weight excluding hydrogens is 290 g/mol. The number of carbonyl (C=O) groups excluding carboxylic acids is 1. The molecule has 0 radical (unpaired) electrons. The Bertz CT molecular complexity index is 760. The van der Waals surface area contributed by atoms with E-state index in [1.54, 1.807) is 19.4 Å². The Labute approximate surface area is 137 Å². The molecule has 0 saturated carbocycles. The lowest BCUT2D eigenvalue weighted by Crippen LogP contribution is -2.34. The molecule has 2 aromatic rings. The Hall–Kier alpha value is -2.43. The highest BCUT2D eigenvalue weighted by atomic mass is 16.6. The molecule has 0 bridgehead atoms. The van der Waals surface area contributed by atoms with Gasteiger partial charge in [0.2, 0.25) is 0 Å². The van der Waals surface area contributed by atoms with Crippen LogP contribution in [0.2, 0.25) is 0 Å². The number of hydrogen-bond acceptors (Lipinski definition) is 4. The number of fused-ring (bicyclic) bond motifs is 1. The topological polar surface area (TPSA) is 55.3 Å². The van der Waals surface area contributed by atoms with Gasteiger partial charge in [-0.15, -0.1) is 0 Å². The fourth-order valence-electron chi connectivity index (χ4n) is 2.00. The van der Waals surface area contributed by atoms with Crippen molar-refractivity contribution >= 4 is 28.3 Å². The third-order valence-corrected chi connectivity index (χ3v) is 3.44. The number of anilines is 1. The van der Waals surface area contributed by atoms with E-state index in [4.69, 9.17) is 4.74 Å². The SMILES string of the molecule is C/C=C(\C)c1cc2cnc(N(C)C(=O)OC(C)(C)C)cc2cn1. The van der Waals surface area contributed by atoms with Crippen LogP contribution in [0.5, 0.6) is 0 Å². The van der Waals surface area contributed by atoms with Crippen molar-refractivity contribution in [2.24, 2.45) is 0 Å². The van der Waals surface area contributed by atoms with E-state index in [-0.39, 0.29) is 0 Å². The number of pyridine rings is 2. The van der Waals surface area contributed by atoms with Gasteiger partial charge < -0.3 is 4.74 Å². The summed E-state index contributed by atoms with van der Waals surface area (Å²) in [7, 11) is 1.65. The summed E-state index contributed by atoms with van der Waals surface area (Å²) in [6.45, 7) is 9.51. The van der Waals surface area contributed by atoms with E-state index in [1.807, 2.05) is 52.8 Å². The molecule has 5 heteroatoms. The van der Waals surface area contributed by atoms with Gasteiger partial charge in [0.15, 0.2) is 0 Å². The highest BCUT2D eigenvalue weighted by Gasteiger charge is 2.21. The second-order valence-electron chi connectivity index (χ2n) is 6.47. The van der Waals surface area contributed by atoms with Crippen LogP contribution in [-0.2, 0) is 4.74 Å². The molecular formula is C18H23N3O2. The van der Waals surface area contributed by atoms with Crippen LogP contribution in [0.1, 0.15) is 40.3 Å². The summed E-state index contributed by atoms with van der Waals surface area (Å²) >= 11 is 0. The fraction of sp³-hybridized carbons (Fsp3) is 0.389. The van der Waals surface area contributed by atoms with Gasteiger partial charge in [-0.05, 0) is 52.3 Å². The second kappa shape index (κ2) is 6.36. The third-order valence-electron chi connectivity index (χ3n) is 3.44. The van der Waals surface area contributed by atoms with Crippen molar-refractivity contribution in [1.82, 2.24) is 9.97 Å². The van der Waals surface area contributed by atoms with Gasteiger partial charge in [0.05, 0.1) is 5.69 Å². The maximum Gasteiger partial charge on any atom is 0.415 e. The van der Waals surface area contributed by atoms with E-state index < -0.39 is 11.7 Å². The number of rotatable bonds is 2. The standard InChI is InChI=1S/C18H23N3O2/c1-7-12(2)15-8-13-11-20-16(9-14(13)10-19-15)21(6)17(22)23-18(3,4)5/h7-11H,1-6H3/b12-7+. The summed E-state index contributed by atoms with van der Waals surface area (Å²) in [4.78, 5) is 22.3. The molecule has 0 aliphatic heterocycles. The number of aromatic nitrogens is 2. The van der Waals surface area contributed by atoms with E-state index >= 15 is 0 Å². The molecule has 0 aliphatic rings. The van der Waals surface area contributed by atoms with Crippen LogP contribution in [0.25, 0.3) is 16.3 Å². The largest absolute Gasteiger partial charge is 0.443 e. The Morgan fingerprint density at radius 3 is 2.39 bits per heavy atom. The zero-order valence-electron chi connectivity index (χ0n) is 14.5. The Morgan fingerprint density at radius 2 is 1.78 bits per heavy atom. The molecule has 0 spiro atoms. The average Bonchev–Trinajstić information content (AvgIpc) is 2.50. The minimum absolute atomic E-state index is 0.432. The van der Waals surface area contributed by atoms with Crippen molar-refractivity contribution < 1.29 is 9.53 Å². The molecule has 0 fully saturated rings. The van der Waals surface area contributed by atoms with Crippen molar-refractivity contribution in [2.75, 3.05) is 11.9 Å². The molecule has 0 atom stereocenters. The van der Waals surface area contributed by atoms with Crippen molar-refractivity contribution in [2.45, 2.75) is 40.2 Å². The van der Waals surface area contributed by atoms with E-state index in [9.17, 15) is 4.79 Å². The Morgan fingerprint density at radius 1 is 1.17 bits per heavy atom. The molecule has 0 unspecified atom stereocenters. The molecule has 1 amide bonds. The van der Waals surface area contributed by atoms with Crippen molar-refractivity contribution in [3.63, 3.8) is 0 Å². The number of amides is 1. The number of hydrogen-bond donors (Lipinski definition) is 0. The first kappa shape index (κ1) is 16.9. The van der Waals surface area contributed by atoms with Gasteiger partial charge in [-0.2, -0.15) is 0 Å².